The van der Waals surface area contributed by atoms with Crippen molar-refractivity contribution in [2.75, 3.05) is 0 Å². The highest BCUT2D eigenvalue weighted by molar-refractivity contribution is 6.36. The Morgan fingerprint density at radius 3 is 2.73 bits per heavy atom. The molecule has 0 radical (unpaired) electrons. The highest BCUT2D eigenvalue weighted by Gasteiger charge is 2.06. The number of phenolic OH excluding ortho intramolecular Hbond substituents is 1. The number of rotatable bonds is 2. The first-order valence-corrected chi connectivity index (χ1v) is 7.38. The predicted octanol–water partition coefficient (Wildman–Crippen LogP) is 5.31. The van der Waals surface area contributed by atoms with E-state index in [0.717, 1.165) is 22.3 Å². The summed E-state index contributed by atoms with van der Waals surface area (Å²) in [5.74, 6) is -0.0344. The van der Waals surface area contributed by atoms with Crippen molar-refractivity contribution in [1.82, 2.24) is 4.98 Å². The maximum Gasteiger partial charge on any atom is 0.143 e. The Hall–Kier alpha value is -2.10. The summed E-state index contributed by atoms with van der Waals surface area (Å²) in [6.45, 7) is 1.96. The smallest absolute Gasteiger partial charge is 0.143 e. The van der Waals surface area contributed by atoms with E-state index in [4.69, 9.17) is 23.2 Å². The van der Waals surface area contributed by atoms with E-state index in [0.29, 0.717) is 10.6 Å². The van der Waals surface area contributed by atoms with Gasteiger partial charge in [0.1, 0.15) is 5.75 Å². The average molecular weight is 331 g/mol. The fraction of sp³-hybridized carbons (Fsp3) is 0.0588. The van der Waals surface area contributed by atoms with Gasteiger partial charge in [0.25, 0.3) is 0 Å². The summed E-state index contributed by atoms with van der Waals surface area (Å²) in [5, 5.41) is 11.6. The van der Waals surface area contributed by atoms with Crippen LogP contribution in [-0.4, -0.2) is 16.3 Å². The lowest BCUT2D eigenvalue weighted by molar-refractivity contribution is 0.475. The zero-order chi connectivity index (χ0) is 15.7. The van der Waals surface area contributed by atoms with Crippen LogP contribution in [0, 0.1) is 6.92 Å². The van der Waals surface area contributed by atoms with E-state index in [9.17, 15) is 5.11 Å². The standard InChI is InChI=1S/C17H12Cl2N2O/c1-10-2-3-11-7-14(4-5-16(11)21-10)20-9-12-6-13(18)8-15(19)17(12)22/h2-9,22H,1H3. The van der Waals surface area contributed by atoms with Crippen molar-refractivity contribution in [3.8, 4) is 5.75 Å². The number of aryl methyl sites for hydroxylation is 1. The van der Waals surface area contributed by atoms with Gasteiger partial charge in [-0.25, -0.2) is 0 Å². The number of aliphatic imine (C=N–C) groups is 1. The van der Waals surface area contributed by atoms with Gasteiger partial charge in [0.15, 0.2) is 0 Å². The summed E-state index contributed by atoms with van der Waals surface area (Å²) in [5.41, 5.74) is 3.13. The molecule has 0 fully saturated rings. The first kappa shape index (κ1) is 14.8. The van der Waals surface area contributed by atoms with E-state index in [2.05, 4.69) is 9.98 Å². The third kappa shape index (κ3) is 3.06. The van der Waals surface area contributed by atoms with Gasteiger partial charge in [0, 0.05) is 27.9 Å². The molecule has 3 nitrogen and oxygen atoms in total. The minimum absolute atomic E-state index is 0.0344. The normalized spacial score (nSPS) is 11.4. The average Bonchev–Trinajstić information content (AvgIpc) is 2.49. The molecule has 3 aromatic rings. The first-order valence-electron chi connectivity index (χ1n) is 6.62. The van der Waals surface area contributed by atoms with E-state index >= 15 is 0 Å². The fourth-order valence-corrected chi connectivity index (χ4v) is 2.63. The van der Waals surface area contributed by atoms with Gasteiger partial charge in [-0.1, -0.05) is 29.3 Å². The van der Waals surface area contributed by atoms with E-state index in [1.54, 1.807) is 6.07 Å². The van der Waals surface area contributed by atoms with Crippen molar-refractivity contribution in [3.05, 3.63) is 63.8 Å². The molecule has 0 unspecified atom stereocenters. The van der Waals surface area contributed by atoms with Gasteiger partial charge in [-0.2, -0.15) is 0 Å². The minimum Gasteiger partial charge on any atom is -0.506 e. The number of halogens is 2. The zero-order valence-corrected chi connectivity index (χ0v) is 13.2. The molecule has 0 bridgehead atoms. The topological polar surface area (TPSA) is 45.5 Å². The number of nitrogens with zero attached hydrogens (tertiary/aromatic N) is 2. The number of benzene rings is 2. The Bertz CT molecular complexity index is 891. The van der Waals surface area contributed by atoms with Crippen LogP contribution in [0.3, 0.4) is 0 Å². The lowest BCUT2D eigenvalue weighted by Gasteiger charge is -2.03. The molecule has 0 saturated carbocycles. The van der Waals surface area contributed by atoms with Crippen LogP contribution in [0.5, 0.6) is 5.75 Å². The molecule has 0 amide bonds. The zero-order valence-electron chi connectivity index (χ0n) is 11.7. The largest absolute Gasteiger partial charge is 0.506 e. The van der Waals surface area contributed by atoms with Gasteiger partial charge >= 0.3 is 0 Å². The van der Waals surface area contributed by atoms with Crippen LogP contribution in [0.4, 0.5) is 5.69 Å². The van der Waals surface area contributed by atoms with Crippen molar-refractivity contribution >= 4 is 46.0 Å². The second-order valence-electron chi connectivity index (χ2n) is 4.91. The first-order chi connectivity index (χ1) is 10.5. The predicted molar refractivity (Wildman–Crippen MR) is 91.9 cm³/mol. The van der Waals surface area contributed by atoms with Crippen LogP contribution < -0.4 is 0 Å². The van der Waals surface area contributed by atoms with Gasteiger partial charge in [-0.3, -0.25) is 9.98 Å². The number of hydrogen-bond acceptors (Lipinski definition) is 3. The summed E-state index contributed by atoms with van der Waals surface area (Å²) in [6.07, 6.45) is 1.54. The Morgan fingerprint density at radius 2 is 1.91 bits per heavy atom. The maximum absolute atomic E-state index is 9.91. The Morgan fingerprint density at radius 1 is 1.09 bits per heavy atom. The molecule has 2 aromatic carbocycles. The highest BCUT2D eigenvalue weighted by Crippen LogP contribution is 2.30. The molecule has 1 N–H and O–H groups in total. The van der Waals surface area contributed by atoms with Gasteiger partial charge in [-0.15, -0.1) is 0 Å². The fourth-order valence-electron chi connectivity index (χ4n) is 2.12. The van der Waals surface area contributed by atoms with Crippen LogP contribution in [0.15, 0.2) is 47.5 Å². The molecule has 22 heavy (non-hydrogen) atoms. The van der Waals surface area contributed by atoms with Crippen molar-refractivity contribution in [2.45, 2.75) is 6.92 Å². The number of pyridine rings is 1. The van der Waals surface area contributed by atoms with E-state index in [-0.39, 0.29) is 10.8 Å². The molecule has 3 rings (SSSR count). The second kappa shape index (κ2) is 5.95. The minimum atomic E-state index is -0.0344. The van der Waals surface area contributed by atoms with Crippen LogP contribution >= 0.6 is 23.2 Å². The van der Waals surface area contributed by atoms with Crippen LogP contribution in [0.25, 0.3) is 10.9 Å². The van der Waals surface area contributed by atoms with Crippen LogP contribution in [-0.2, 0) is 0 Å². The Balaban J connectivity index is 1.97. The number of hydrogen-bond donors (Lipinski definition) is 1. The monoisotopic (exact) mass is 330 g/mol. The molecule has 0 atom stereocenters. The van der Waals surface area contributed by atoms with Crippen molar-refractivity contribution in [2.24, 2.45) is 4.99 Å². The van der Waals surface area contributed by atoms with Gasteiger partial charge < -0.3 is 5.11 Å². The van der Waals surface area contributed by atoms with Crippen molar-refractivity contribution < 1.29 is 5.11 Å². The number of aromatic nitrogens is 1. The molecular formula is C17H12Cl2N2O. The molecule has 1 aromatic heterocycles. The molecule has 0 aliphatic rings. The SMILES string of the molecule is Cc1ccc2cc(N=Cc3cc(Cl)cc(Cl)c3O)ccc2n1. The lowest BCUT2D eigenvalue weighted by Crippen LogP contribution is -1.85. The molecule has 1 heterocycles. The number of fused-ring (bicyclic) bond motifs is 1. The van der Waals surface area contributed by atoms with Gasteiger partial charge in [0.2, 0.25) is 0 Å². The quantitative estimate of drug-likeness (QED) is 0.647. The Kier molecular flexibility index (Phi) is 4.01. The summed E-state index contributed by atoms with van der Waals surface area (Å²) in [4.78, 5) is 8.81. The molecule has 5 heteroatoms. The Labute approximate surface area is 137 Å². The maximum atomic E-state index is 9.91. The summed E-state index contributed by atoms with van der Waals surface area (Å²) in [7, 11) is 0. The summed E-state index contributed by atoms with van der Waals surface area (Å²) in [6, 6.07) is 12.8. The van der Waals surface area contributed by atoms with Crippen molar-refractivity contribution in [3.63, 3.8) is 0 Å². The van der Waals surface area contributed by atoms with Crippen molar-refractivity contribution in [1.29, 1.82) is 0 Å². The van der Waals surface area contributed by atoms with E-state index in [1.165, 1.54) is 12.3 Å². The van der Waals surface area contributed by atoms with E-state index in [1.807, 2.05) is 37.3 Å². The number of aromatic hydroxyl groups is 1. The van der Waals surface area contributed by atoms with Crippen LogP contribution in [0.2, 0.25) is 10.0 Å². The molecule has 0 aliphatic heterocycles. The summed E-state index contributed by atoms with van der Waals surface area (Å²) >= 11 is 11.8. The summed E-state index contributed by atoms with van der Waals surface area (Å²) < 4.78 is 0. The third-order valence-corrected chi connectivity index (χ3v) is 3.73. The van der Waals surface area contributed by atoms with Crippen LogP contribution in [0.1, 0.15) is 11.3 Å². The lowest BCUT2D eigenvalue weighted by atomic mass is 10.2. The number of phenols is 1. The molecule has 0 aliphatic carbocycles. The third-order valence-electron chi connectivity index (χ3n) is 3.22. The molecule has 110 valence electrons. The van der Waals surface area contributed by atoms with E-state index < -0.39 is 0 Å². The second-order valence-corrected chi connectivity index (χ2v) is 5.76. The van der Waals surface area contributed by atoms with Gasteiger partial charge in [-0.05, 0) is 43.3 Å². The highest BCUT2D eigenvalue weighted by atomic mass is 35.5. The molecular weight excluding hydrogens is 319 g/mol. The molecule has 0 spiro atoms. The molecule has 0 saturated heterocycles. The van der Waals surface area contributed by atoms with Gasteiger partial charge in [0.05, 0.1) is 16.2 Å².